The zero-order valence-corrected chi connectivity index (χ0v) is 32.9. The van der Waals surface area contributed by atoms with Gasteiger partial charge in [-0.3, -0.25) is 19.9 Å². The third kappa shape index (κ3) is 25.5. The van der Waals surface area contributed by atoms with Crippen molar-refractivity contribution in [3.63, 3.8) is 0 Å². The van der Waals surface area contributed by atoms with Gasteiger partial charge in [0.15, 0.2) is 0 Å². The minimum Gasteiger partial charge on any atom is -0.753 e. The van der Waals surface area contributed by atoms with E-state index >= 15 is 0 Å². The number of thiocarbonyl (C=S) groups is 2. The molecule has 0 bridgehead atoms. The van der Waals surface area contributed by atoms with Crippen molar-refractivity contribution in [1.82, 2.24) is 19.9 Å². The molecule has 9 heteroatoms. The van der Waals surface area contributed by atoms with Crippen LogP contribution in [0.1, 0.15) is 105 Å². The van der Waals surface area contributed by atoms with Gasteiger partial charge in [0.1, 0.15) is 0 Å². The third-order valence-electron chi connectivity index (χ3n) is 6.15. The van der Waals surface area contributed by atoms with Crippen LogP contribution < -0.4 is 0 Å². The van der Waals surface area contributed by atoms with E-state index in [2.05, 4.69) is 164 Å². The molecule has 4 aromatic rings. The summed E-state index contributed by atoms with van der Waals surface area (Å²) in [6.45, 7) is 26.3. The molecular weight excluding hydrogens is 660 g/mol. The van der Waals surface area contributed by atoms with Crippen molar-refractivity contribution in [1.29, 1.82) is 0 Å². The smallest absolute Gasteiger partial charge is 0.753 e. The van der Waals surface area contributed by atoms with Gasteiger partial charge in [-0.2, -0.15) is 10.3 Å². The summed E-state index contributed by atoms with van der Waals surface area (Å²) in [4.78, 5) is 16.0. The predicted octanol–water partition coefficient (Wildman–Crippen LogP) is 10.8. The average Bonchev–Trinajstić information content (AvgIpc) is 2.99. The molecule has 1 radical (unpaired) electrons. The van der Waals surface area contributed by atoms with E-state index in [0.717, 1.165) is 0 Å². The molecule has 0 spiro atoms. The van der Waals surface area contributed by atoms with Gasteiger partial charge >= 0.3 is 17.1 Å². The van der Waals surface area contributed by atoms with Crippen molar-refractivity contribution in [3.8, 4) is 0 Å². The number of nitrogens with zero attached hydrogens (tertiary/aromatic N) is 6. The summed E-state index contributed by atoms with van der Waals surface area (Å²) >= 11 is 7.40. The summed E-state index contributed by atoms with van der Waals surface area (Å²) in [5.74, 6) is 0. The maximum absolute atomic E-state index is 7.13. The number of rotatable bonds is 0. The van der Waals surface area contributed by atoms with Crippen LogP contribution in [0.15, 0.2) is 98.1 Å². The van der Waals surface area contributed by atoms with E-state index in [9.17, 15) is 0 Å². The molecule has 0 aliphatic carbocycles. The molecule has 0 unspecified atom stereocenters. The maximum atomic E-state index is 7.13. The molecule has 6 nitrogen and oxygen atoms in total. The van der Waals surface area contributed by atoms with E-state index in [0.29, 0.717) is 0 Å². The Labute approximate surface area is 306 Å². The minimum absolute atomic E-state index is 0. The number of pyridine rings is 4. The standard InChI is InChI=1S/4C9H13N.2CNS.Mn/c2*1-9(2,3)8-4-6-10-7-5-8;2*1-9(2,3)8-5-4-6-10-7-8;2*2-1-3;/h4*4-7H,1-3H3;;;/q;;;;2*-1;+2. The Morgan fingerprint density at radius 1 is 0.426 bits per heavy atom. The van der Waals surface area contributed by atoms with E-state index < -0.39 is 0 Å². The van der Waals surface area contributed by atoms with E-state index in [1.165, 1.54) is 32.6 Å². The van der Waals surface area contributed by atoms with Gasteiger partial charge in [0.25, 0.3) is 0 Å². The second-order valence-corrected chi connectivity index (χ2v) is 14.5. The Balaban J connectivity index is -0.000000516. The Bertz CT molecular complexity index is 1170. The Morgan fingerprint density at radius 3 is 0.787 bits per heavy atom. The molecule has 47 heavy (non-hydrogen) atoms. The number of isothiocyanates is 2. The number of aromatic nitrogens is 4. The van der Waals surface area contributed by atoms with Crippen LogP contribution >= 0.6 is 24.4 Å². The quantitative estimate of drug-likeness (QED) is 0.102. The van der Waals surface area contributed by atoms with Crippen LogP contribution in [0.25, 0.3) is 10.8 Å². The molecular formula is C38H52MnN6S2. The van der Waals surface area contributed by atoms with Gasteiger partial charge in [-0.25, -0.2) is 0 Å². The first kappa shape index (κ1) is 48.1. The van der Waals surface area contributed by atoms with Gasteiger partial charge in [0.2, 0.25) is 0 Å². The third-order valence-corrected chi connectivity index (χ3v) is 6.15. The first-order valence-corrected chi connectivity index (χ1v) is 15.7. The van der Waals surface area contributed by atoms with Crippen LogP contribution in [0.5, 0.6) is 0 Å². The summed E-state index contributed by atoms with van der Waals surface area (Å²) in [5.41, 5.74) is 6.21. The van der Waals surface area contributed by atoms with Crippen molar-refractivity contribution in [2.75, 3.05) is 0 Å². The molecule has 0 amide bonds. The van der Waals surface area contributed by atoms with Crippen LogP contribution in [0, 0.1) is 0 Å². The van der Waals surface area contributed by atoms with Gasteiger partial charge < -0.3 is 10.8 Å². The second kappa shape index (κ2) is 24.8. The molecule has 0 fully saturated rings. The zero-order chi connectivity index (χ0) is 35.9. The minimum atomic E-state index is 0. The molecule has 0 saturated heterocycles. The first-order chi connectivity index (χ1) is 21.2. The van der Waals surface area contributed by atoms with Crippen LogP contribution in [-0.4, -0.2) is 30.3 Å². The molecule has 0 atom stereocenters. The summed E-state index contributed by atoms with van der Waals surface area (Å²) in [6, 6.07) is 16.4. The monoisotopic (exact) mass is 711 g/mol. The summed E-state index contributed by atoms with van der Waals surface area (Å²) in [6.07, 6.45) is 14.8. The molecule has 0 N–H and O–H groups in total. The number of hydrogen-bond acceptors (Lipinski definition) is 6. The average molecular weight is 712 g/mol. The largest absolute Gasteiger partial charge is 2.00 e. The van der Waals surface area contributed by atoms with Gasteiger partial charge in [0.05, 0.1) is 0 Å². The second-order valence-electron chi connectivity index (χ2n) is 14.1. The first-order valence-electron chi connectivity index (χ1n) is 14.9. The molecule has 4 aromatic heterocycles. The van der Waals surface area contributed by atoms with Crippen molar-refractivity contribution in [3.05, 3.63) is 131 Å². The van der Waals surface area contributed by atoms with Crippen LogP contribution in [0.3, 0.4) is 0 Å². The summed E-state index contributed by atoms with van der Waals surface area (Å²) < 4.78 is 0. The molecule has 0 aliphatic heterocycles. The molecule has 0 aromatic carbocycles. The van der Waals surface area contributed by atoms with Crippen molar-refractivity contribution in [2.45, 2.75) is 105 Å². The van der Waals surface area contributed by atoms with Crippen LogP contribution in [-0.2, 0) is 38.7 Å². The molecule has 253 valence electrons. The molecule has 0 aliphatic rings. The van der Waals surface area contributed by atoms with Gasteiger partial charge in [-0.15, -0.1) is 0 Å². The van der Waals surface area contributed by atoms with Gasteiger partial charge in [-0.1, -0.05) is 120 Å². The number of hydrogen-bond donors (Lipinski definition) is 0. The van der Waals surface area contributed by atoms with Crippen molar-refractivity contribution < 1.29 is 17.1 Å². The zero-order valence-electron chi connectivity index (χ0n) is 30.1. The maximum Gasteiger partial charge on any atom is 2.00 e. The van der Waals surface area contributed by atoms with E-state index in [1.54, 1.807) is 12.4 Å². The summed E-state index contributed by atoms with van der Waals surface area (Å²) in [7, 11) is 0. The summed E-state index contributed by atoms with van der Waals surface area (Å²) in [5, 5.41) is 16.9. The fraction of sp³-hybridized carbons (Fsp3) is 0.421. The van der Waals surface area contributed by atoms with Crippen LogP contribution in [0.4, 0.5) is 0 Å². The van der Waals surface area contributed by atoms with E-state index in [-0.39, 0.29) is 38.7 Å². The van der Waals surface area contributed by atoms with Gasteiger partial charge in [-0.05, 0) is 80.3 Å². The van der Waals surface area contributed by atoms with Gasteiger partial charge in [0, 0.05) is 49.6 Å². The fourth-order valence-electron chi connectivity index (χ4n) is 3.32. The Morgan fingerprint density at radius 2 is 0.660 bits per heavy atom. The Kier molecular flexibility index (Phi) is 25.4. The Hall–Kier alpha value is -3.28. The van der Waals surface area contributed by atoms with E-state index in [4.69, 9.17) is 10.8 Å². The van der Waals surface area contributed by atoms with Crippen LogP contribution in [0.2, 0.25) is 0 Å². The SMILES string of the molecule is CC(C)(C)c1cccnc1.CC(C)(C)c1cccnc1.CC(C)(C)c1ccncc1.CC(C)(C)c1ccncc1.[Mn+2].[N-]=C=S.[N-]=C=S. The predicted molar refractivity (Wildman–Crippen MR) is 204 cm³/mol. The topological polar surface area (TPSA) is 96.2 Å². The molecule has 4 rings (SSSR count). The fourth-order valence-corrected chi connectivity index (χ4v) is 3.32. The molecule has 4 heterocycles. The molecule has 0 saturated carbocycles. The normalized spacial score (nSPS) is 10.1. The van der Waals surface area contributed by atoms with Crippen molar-refractivity contribution >= 4 is 34.8 Å². The van der Waals surface area contributed by atoms with E-state index in [1.807, 2.05) is 49.3 Å². The van der Waals surface area contributed by atoms with Crippen molar-refractivity contribution in [2.24, 2.45) is 0 Å².